The molecule has 0 fully saturated rings. The van der Waals surface area contributed by atoms with E-state index < -0.39 is 10.1 Å². The summed E-state index contributed by atoms with van der Waals surface area (Å²) in [6, 6.07) is 22.8. The topological polar surface area (TPSA) is 64.6 Å². The van der Waals surface area contributed by atoms with E-state index >= 15 is 0 Å². The van der Waals surface area contributed by atoms with Gasteiger partial charge in [-0.15, -0.1) is 0 Å². The molecular formula is C21H21NO4S. The number of ether oxygens (including phenoxy) is 1. The predicted molar refractivity (Wildman–Crippen MR) is 106 cm³/mol. The van der Waals surface area contributed by atoms with Crippen LogP contribution in [0.15, 0.2) is 83.8 Å². The fourth-order valence-electron chi connectivity index (χ4n) is 2.52. The highest BCUT2D eigenvalue weighted by Crippen LogP contribution is 2.24. The predicted octanol–water partition coefficient (Wildman–Crippen LogP) is 4.47. The van der Waals surface area contributed by atoms with E-state index in [2.05, 4.69) is 5.32 Å². The molecular weight excluding hydrogens is 362 g/mol. The van der Waals surface area contributed by atoms with Crippen LogP contribution in [0.5, 0.6) is 11.5 Å². The molecule has 6 heteroatoms. The van der Waals surface area contributed by atoms with Gasteiger partial charge in [-0.05, 0) is 49.4 Å². The normalized spacial score (nSPS) is 11.0. The summed E-state index contributed by atoms with van der Waals surface area (Å²) < 4.78 is 35.7. The third-order valence-corrected chi connectivity index (χ3v) is 5.10. The Labute approximate surface area is 159 Å². The standard InChI is InChI=1S/C21H21NO4S/c1-2-25-19-14-12-18(13-15-19)22-16-17-8-6-7-11-21(17)26-27(23,24)20-9-4-3-5-10-20/h3-15,22H,2,16H2,1H3. The second-order valence-corrected chi connectivity index (χ2v) is 7.32. The van der Waals surface area contributed by atoms with Gasteiger partial charge in [-0.2, -0.15) is 8.42 Å². The van der Waals surface area contributed by atoms with Crippen LogP contribution in [0, 0.1) is 0 Å². The number of para-hydroxylation sites is 1. The molecule has 0 atom stereocenters. The Bertz CT molecular complexity index is 971. The van der Waals surface area contributed by atoms with E-state index in [0.717, 1.165) is 17.0 Å². The maximum Gasteiger partial charge on any atom is 0.339 e. The molecule has 0 aliphatic rings. The van der Waals surface area contributed by atoms with Crippen LogP contribution in [0.4, 0.5) is 5.69 Å². The van der Waals surface area contributed by atoms with Crippen molar-refractivity contribution in [2.24, 2.45) is 0 Å². The fourth-order valence-corrected chi connectivity index (χ4v) is 3.50. The number of rotatable bonds is 8. The summed E-state index contributed by atoms with van der Waals surface area (Å²) in [5, 5.41) is 3.27. The molecule has 0 saturated carbocycles. The molecule has 0 aromatic heterocycles. The monoisotopic (exact) mass is 383 g/mol. The quantitative estimate of drug-likeness (QED) is 0.582. The van der Waals surface area contributed by atoms with Gasteiger partial charge in [0, 0.05) is 17.8 Å². The van der Waals surface area contributed by atoms with Gasteiger partial charge in [0.15, 0.2) is 0 Å². The Morgan fingerprint density at radius 3 is 2.22 bits per heavy atom. The van der Waals surface area contributed by atoms with Crippen molar-refractivity contribution in [3.8, 4) is 11.5 Å². The molecule has 0 bridgehead atoms. The van der Waals surface area contributed by atoms with Crippen LogP contribution in [0.1, 0.15) is 12.5 Å². The third kappa shape index (κ3) is 5.01. The number of anilines is 1. The van der Waals surface area contributed by atoms with Gasteiger partial charge < -0.3 is 14.2 Å². The van der Waals surface area contributed by atoms with E-state index in [1.54, 1.807) is 30.3 Å². The number of hydrogen-bond acceptors (Lipinski definition) is 5. The second-order valence-electron chi connectivity index (χ2n) is 5.77. The summed E-state index contributed by atoms with van der Waals surface area (Å²) >= 11 is 0. The van der Waals surface area contributed by atoms with E-state index in [-0.39, 0.29) is 4.90 Å². The Morgan fingerprint density at radius 2 is 1.52 bits per heavy atom. The minimum absolute atomic E-state index is 0.124. The van der Waals surface area contributed by atoms with Gasteiger partial charge in [-0.3, -0.25) is 0 Å². The first kappa shape index (κ1) is 18.8. The third-order valence-electron chi connectivity index (χ3n) is 3.85. The van der Waals surface area contributed by atoms with E-state index in [9.17, 15) is 8.42 Å². The maximum atomic E-state index is 12.5. The molecule has 1 N–H and O–H groups in total. The maximum absolute atomic E-state index is 12.5. The molecule has 0 saturated heterocycles. The highest BCUT2D eigenvalue weighted by Gasteiger charge is 2.17. The molecule has 3 aromatic carbocycles. The summed E-state index contributed by atoms with van der Waals surface area (Å²) in [5.74, 6) is 1.11. The molecule has 0 unspecified atom stereocenters. The summed E-state index contributed by atoms with van der Waals surface area (Å²) in [5.41, 5.74) is 1.64. The first-order valence-electron chi connectivity index (χ1n) is 8.62. The Balaban J connectivity index is 1.72. The summed E-state index contributed by atoms with van der Waals surface area (Å²) in [4.78, 5) is 0.124. The van der Waals surface area contributed by atoms with Crippen molar-refractivity contribution < 1.29 is 17.3 Å². The smallest absolute Gasteiger partial charge is 0.339 e. The summed E-state index contributed by atoms with van der Waals surface area (Å²) in [6.45, 7) is 2.98. The lowest BCUT2D eigenvalue weighted by Gasteiger charge is -2.13. The van der Waals surface area contributed by atoms with Crippen molar-refractivity contribution in [2.45, 2.75) is 18.4 Å². The fraction of sp³-hybridized carbons (Fsp3) is 0.143. The first-order valence-corrected chi connectivity index (χ1v) is 10.0. The zero-order valence-corrected chi connectivity index (χ0v) is 15.8. The molecule has 0 radical (unpaired) electrons. The lowest BCUT2D eigenvalue weighted by molar-refractivity contribution is 0.340. The van der Waals surface area contributed by atoms with Crippen LogP contribution < -0.4 is 14.2 Å². The van der Waals surface area contributed by atoms with E-state index in [1.807, 2.05) is 43.3 Å². The zero-order chi connectivity index (χ0) is 19.1. The molecule has 0 spiro atoms. The van der Waals surface area contributed by atoms with Gasteiger partial charge in [-0.1, -0.05) is 36.4 Å². The van der Waals surface area contributed by atoms with Crippen molar-refractivity contribution in [3.63, 3.8) is 0 Å². The number of benzene rings is 3. The van der Waals surface area contributed by atoms with Gasteiger partial charge in [-0.25, -0.2) is 0 Å². The van der Waals surface area contributed by atoms with Crippen molar-refractivity contribution in [1.82, 2.24) is 0 Å². The number of hydrogen-bond donors (Lipinski definition) is 1. The average Bonchev–Trinajstić information content (AvgIpc) is 2.69. The van der Waals surface area contributed by atoms with E-state index in [0.29, 0.717) is 18.9 Å². The largest absolute Gasteiger partial charge is 0.494 e. The first-order chi connectivity index (χ1) is 13.1. The molecule has 0 aliphatic heterocycles. The van der Waals surface area contributed by atoms with Crippen molar-refractivity contribution in [3.05, 3.63) is 84.4 Å². The lowest BCUT2D eigenvalue weighted by Crippen LogP contribution is -2.11. The van der Waals surface area contributed by atoms with E-state index in [4.69, 9.17) is 8.92 Å². The molecule has 140 valence electrons. The van der Waals surface area contributed by atoms with Crippen LogP contribution in [0.25, 0.3) is 0 Å². The van der Waals surface area contributed by atoms with Gasteiger partial charge in [0.05, 0.1) is 6.61 Å². The SMILES string of the molecule is CCOc1ccc(NCc2ccccc2OS(=O)(=O)c2ccccc2)cc1. The Hall–Kier alpha value is -2.99. The van der Waals surface area contributed by atoms with Gasteiger partial charge in [0.1, 0.15) is 16.4 Å². The highest BCUT2D eigenvalue weighted by atomic mass is 32.2. The van der Waals surface area contributed by atoms with Gasteiger partial charge >= 0.3 is 10.1 Å². The zero-order valence-electron chi connectivity index (χ0n) is 15.0. The van der Waals surface area contributed by atoms with Crippen molar-refractivity contribution in [1.29, 1.82) is 0 Å². The second kappa shape index (κ2) is 8.60. The van der Waals surface area contributed by atoms with Gasteiger partial charge in [0.2, 0.25) is 0 Å². The average molecular weight is 383 g/mol. The van der Waals surface area contributed by atoms with Crippen LogP contribution in [0.2, 0.25) is 0 Å². The summed E-state index contributed by atoms with van der Waals surface area (Å²) in [7, 11) is -3.88. The minimum atomic E-state index is -3.88. The summed E-state index contributed by atoms with van der Waals surface area (Å²) in [6.07, 6.45) is 0. The van der Waals surface area contributed by atoms with Crippen LogP contribution >= 0.6 is 0 Å². The van der Waals surface area contributed by atoms with Gasteiger partial charge in [0.25, 0.3) is 0 Å². The van der Waals surface area contributed by atoms with E-state index in [1.165, 1.54) is 12.1 Å². The Kier molecular flexibility index (Phi) is 5.98. The van der Waals surface area contributed by atoms with Crippen molar-refractivity contribution >= 4 is 15.8 Å². The van der Waals surface area contributed by atoms with Crippen LogP contribution in [0.3, 0.4) is 0 Å². The molecule has 0 aliphatic carbocycles. The van der Waals surface area contributed by atoms with Crippen LogP contribution in [-0.4, -0.2) is 15.0 Å². The lowest BCUT2D eigenvalue weighted by atomic mass is 10.2. The number of nitrogens with one attached hydrogen (secondary N) is 1. The molecule has 3 rings (SSSR count). The minimum Gasteiger partial charge on any atom is -0.494 e. The Morgan fingerprint density at radius 1 is 0.852 bits per heavy atom. The highest BCUT2D eigenvalue weighted by molar-refractivity contribution is 7.87. The molecule has 3 aromatic rings. The molecule has 0 heterocycles. The molecule has 5 nitrogen and oxygen atoms in total. The van der Waals surface area contributed by atoms with Crippen molar-refractivity contribution in [2.75, 3.05) is 11.9 Å². The molecule has 27 heavy (non-hydrogen) atoms. The molecule has 0 amide bonds. The van der Waals surface area contributed by atoms with Crippen LogP contribution in [-0.2, 0) is 16.7 Å².